The van der Waals surface area contributed by atoms with E-state index in [2.05, 4.69) is 60.1 Å². The van der Waals surface area contributed by atoms with Gasteiger partial charge in [0.25, 0.3) is 0 Å². The molecular formula is C20H26N2O. The van der Waals surface area contributed by atoms with Crippen LogP contribution in [0.15, 0.2) is 42.6 Å². The zero-order valence-corrected chi connectivity index (χ0v) is 14.3. The van der Waals surface area contributed by atoms with E-state index in [0.29, 0.717) is 12.0 Å². The lowest BCUT2D eigenvalue weighted by atomic mass is 9.98. The lowest BCUT2D eigenvalue weighted by Crippen LogP contribution is -2.37. The Labute approximate surface area is 139 Å². The number of piperidine rings is 1. The number of rotatable bonds is 4. The van der Waals surface area contributed by atoms with Crippen molar-refractivity contribution in [2.24, 2.45) is 0 Å². The molecule has 23 heavy (non-hydrogen) atoms. The van der Waals surface area contributed by atoms with E-state index in [9.17, 15) is 0 Å². The van der Waals surface area contributed by atoms with Crippen molar-refractivity contribution in [3.05, 3.63) is 48.2 Å². The van der Waals surface area contributed by atoms with E-state index in [4.69, 9.17) is 4.74 Å². The third-order valence-corrected chi connectivity index (χ3v) is 4.73. The van der Waals surface area contributed by atoms with Crippen LogP contribution in [0.1, 0.15) is 38.2 Å². The number of anilines is 1. The summed E-state index contributed by atoms with van der Waals surface area (Å²) in [4.78, 5) is 7.04. The first-order valence-corrected chi connectivity index (χ1v) is 8.51. The molecule has 1 aromatic carbocycles. The fourth-order valence-corrected chi connectivity index (χ4v) is 3.14. The summed E-state index contributed by atoms with van der Waals surface area (Å²) in [6.07, 6.45) is 4.56. The predicted molar refractivity (Wildman–Crippen MR) is 96.0 cm³/mol. The summed E-state index contributed by atoms with van der Waals surface area (Å²) in [6, 6.07) is 13.1. The van der Waals surface area contributed by atoms with Gasteiger partial charge in [-0.25, -0.2) is 4.98 Å². The number of benzene rings is 1. The highest BCUT2D eigenvalue weighted by Crippen LogP contribution is 2.26. The SMILES string of the molecule is COC1CCN(c2ccc(-c3cccc(C(C)C)c3)cn2)CC1. The van der Waals surface area contributed by atoms with Crippen LogP contribution in [0.3, 0.4) is 0 Å². The van der Waals surface area contributed by atoms with Crippen LogP contribution in [0.25, 0.3) is 11.1 Å². The number of hydrogen-bond acceptors (Lipinski definition) is 3. The molecule has 3 heteroatoms. The Balaban J connectivity index is 1.73. The molecule has 0 saturated carbocycles. The molecule has 1 aliphatic heterocycles. The number of aromatic nitrogens is 1. The first kappa shape index (κ1) is 16.0. The highest BCUT2D eigenvalue weighted by atomic mass is 16.5. The van der Waals surface area contributed by atoms with Crippen LogP contribution < -0.4 is 4.90 Å². The lowest BCUT2D eigenvalue weighted by molar-refractivity contribution is 0.0818. The Hall–Kier alpha value is -1.87. The topological polar surface area (TPSA) is 25.4 Å². The van der Waals surface area contributed by atoms with Crippen LogP contribution in [-0.4, -0.2) is 31.3 Å². The smallest absolute Gasteiger partial charge is 0.128 e. The van der Waals surface area contributed by atoms with Crippen LogP contribution in [-0.2, 0) is 4.74 Å². The monoisotopic (exact) mass is 310 g/mol. The van der Waals surface area contributed by atoms with E-state index >= 15 is 0 Å². The molecule has 0 N–H and O–H groups in total. The number of methoxy groups -OCH3 is 1. The van der Waals surface area contributed by atoms with Crippen LogP contribution in [0.4, 0.5) is 5.82 Å². The molecule has 0 spiro atoms. The van der Waals surface area contributed by atoms with Crippen molar-refractivity contribution in [1.29, 1.82) is 0 Å². The maximum atomic E-state index is 5.44. The lowest BCUT2D eigenvalue weighted by Gasteiger charge is -2.32. The van der Waals surface area contributed by atoms with Gasteiger partial charge in [-0.1, -0.05) is 38.1 Å². The van der Waals surface area contributed by atoms with Gasteiger partial charge in [0.2, 0.25) is 0 Å². The highest BCUT2D eigenvalue weighted by molar-refractivity contribution is 5.64. The molecule has 0 unspecified atom stereocenters. The third-order valence-electron chi connectivity index (χ3n) is 4.73. The molecule has 3 nitrogen and oxygen atoms in total. The van der Waals surface area contributed by atoms with Gasteiger partial charge in [-0.15, -0.1) is 0 Å². The Morgan fingerprint density at radius 1 is 1.09 bits per heavy atom. The maximum Gasteiger partial charge on any atom is 0.128 e. The van der Waals surface area contributed by atoms with Gasteiger partial charge in [-0.2, -0.15) is 0 Å². The average molecular weight is 310 g/mol. The second-order valence-corrected chi connectivity index (χ2v) is 6.61. The van der Waals surface area contributed by atoms with Crippen LogP contribution >= 0.6 is 0 Å². The summed E-state index contributed by atoms with van der Waals surface area (Å²) in [7, 11) is 1.80. The van der Waals surface area contributed by atoms with E-state index in [1.807, 2.05) is 6.20 Å². The molecule has 0 atom stereocenters. The molecule has 1 aromatic heterocycles. The van der Waals surface area contributed by atoms with Crippen molar-refractivity contribution in [1.82, 2.24) is 4.98 Å². The van der Waals surface area contributed by atoms with E-state index in [0.717, 1.165) is 31.7 Å². The molecule has 1 saturated heterocycles. The quantitative estimate of drug-likeness (QED) is 0.832. The summed E-state index contributed by atoms with van der Waals surface area (Å²) in [5.41, 5.74) is 3.80. The van der Waals surface area contributed by atoms with Gasteiger partial charge in [-0.3, -0.25) is 0 Å². The summed E-state index contributed by atoms with van der Waals surface area (Å²) >= 11 is 0. The van der Waals surface area contributed by atoms with Crippen LogP contribution in [0, 0.1) is 0 Å². The standard InChI is InChI=1S/C20H26N2O/c1-15(2)16-5-4-6-17(13-16)18-7-8-20(21-14-18)22-11-9-19(23-3)10-12-22/h4-8,13-15,19H,9-12H2,1-3H3. The average Bonchev–Trinajstić information content (AvgIpc) is 2.62. The zero-order valence-electron chi connectivity index (χ0n) is 14.3. The highest BCUT2D eigenvalue weighted by Gasteiger charge is 2.19. The van der Waals surface area contributed by atoms with Gasteiger partial charge < -0.3 is 9.64 Å². The van der Waals surface area contributed by atoms with Gasteiger partial charge in [0.1, 0.15) is 5.82 Å². The van der Waals surface area contributed by atoms with Crippen molar-refractivity contribution in [3.8, 4) is 11.1 Å². The Kier molecular flexibility index (Phi) is 4.97. The van der Waals surface area contributed by atoms with Gasteiger partial charge in [0.05, 0.1) is 6.10 Å². The van der Waals surface area contributed by atoms with E-state index in [1.165, 1.54) is 16.7 Å². The molecule has 1 fully saturated rings. The third kappa shape index (κ3) is 3.73. The van der Waals surface area contributed by atoms with Gasteiger partial charge in [0, 0.05) is 32.0 Å². The summed E-state index contributed by atoms with van der Waals surface area (Å²) < 4.78 is 5.44. The molecule has 2 heterocycles. The van der Waals surface area contributed by atoms with Crippen LogP contribution in [0.5, 0.6) is 0 Å². The summed E-state index contributed by atoms with van der Waals surface area (Å²) in [6.45, 7) is 6.50. The molecule has 122 valence electrons. The second kappa shape index (κ2) is 7.14. The van der Waals surface area contributed by atoms with Crippen molar-refractivity contribution >= 4 is 5.82 Å². The summed E-state index contributed by atoms with van der Waals surface area (Å²) in [5, 5.41) is 0. The summed E-state index contributed by atoms with van der Waals surface area (Å²) in [5.74, 6) is 1.62. The molecule has 1 aliphatic rings. The van der Waals surface area contributed by atoms with Crippen molar-refractivity contribution < 1.29 is 4.74 Å². The molecule has 0 bridgehead atoms. The first-order valence-electron chi connectivity index (χ1n) is 8.51. The largest absolute Gasteiger partial charge is 0.381 e. The van der Waals surface area contributed by atoms with Gasteiger partial charge in [-0.05, 0) is 42.0 Å². The maximum absolute atomic E-state index is 5.44. The number of nitrogens with zero attached hydrogens (tertiary/aromatic N) is 2. The number of ether oxygens (including phenoxy) is 1. The number of pyridine rings is 1. The minimum Gasteiger partial charge on any atom is -0.381 e. The van der Waals surface area contributed by atoms with Crippen molar-refractivity contribution in [3.63, 3.8) is 0 Å². The molecular weight excluding hydrogens is 284 g/mol. The fourth-order valence-electron chi connectivity index (χ4n) is 3.14. The Morgan fingerprint density at radius 3 is 2.48 bits per heavy atom. The van der Waals surface area contributed by atoms with Crippen molar-refractivity contribution in [2.75, 3.05) is 25.1 Å². The molecule has 2 aromatic rings. The molecule has 0 aliphatic carbocycles. The minimum absolute atomic E-state index is 0.407. The van der Waals surface area contributed by atoms with Crippen LogP contribution in [0.2, 0.25) is 0 Å². The fraction of sp³-hybridized carbons (Fsp3) is 0.450. The Bertz CT molecular complexity index is 628. The molecule has 0 amide bonds. The van der Waals surface area contributed by atoms with Gasteiger partial charge in [0.15, 0.2) is 0 Å². The molecule has 3 rings (SSSR count). The minimum atomic E-state index is 0.407. The van der Waals surface area contributed by atoms with E-state index in [1.54, 1.807) is 7.11 Å². The van der Waals surface area contributed by atoms with Crippen molar-refractivity contribution in [2.45, 2.75) is 38.7 Å². The van der Waals surface area contributed by atoms with E-state index < -0.39 is 0 Å². The van der Waals surface area contributed by atoms with Gasteiger partial charge >= 0.3 is 0 Å². The first-order chi connectivity index (χ1) is 11.2. The van der Waals surface area contributed by atoms with E-state index in [-0.39, 0.29) is 0 Å². The predicted octanol–water partition coefficient (Wildman–Crippen LogP) is 4.49. The normalized spacial score (nSPS) is 16.1. The zero-order chi connectivity index (χ0) is 16.2. The molecule has 0 radical (unpaired) electrons. The second-order valence-electron chi connectivity index (χ2n) is 6.61. The Morgan fingerprint density at radius 2 is 1.87 bits per heavy atom. The number of hydrogen-bond donors (Lipinski definition) is 0.